The van der Waals surface area contributed by atoms with Crippen molar-refractivity contribution in [2.75, 3.05) is 13.1 Å². The fourth-order valence-electron chi connectivity index (χ4n) is 3.05. The van der Waals surface area contributed by atoms with Crippen LogP contribution < -0.4 is 5.32 Å². The van der Waals surface area contributed by atoms with Crippen molar-refractivity contribution in [3.05, 3.63) is 53.3 Å². The van der Waals surface area contributed by atoms with Gasteiger partial charge in [0.1, 0.15) is 5.69 Å². The van der Waals surface area contributed by atoms with E-state index in [1.165, 1.54) is 44.3 Å². The molecule has 1 amide bonds. The van der Waals surface area contributed by atoms with Crippen molar-refractivity contribution < 1.29 is 4.79 Å². The third kappa shape index (κ3) is 4.66. The van der Waals surface area contributed by atoms with Crippen molar-refractivity contribution in [2.24, 2.45) is 0 Å². The summed E-state index contributed by atoms with van der Waals surface area (Å²) in [7, 11) is 0. The molecular weight excluding hydrogens is 288 g/mol. The first-order valence-corrected chi connectivity index (χ1v) is 8.39. The summed E-state index contributed by atoms with van der Waals surface area (Å²) in [5.41, 5.74) is 2.94. The van der Waals surface area contributed by atoms with Gasteiger partial charge in [0.25, 0.3) is 5.91 Å². The predicted molar refractivity (Wildman–Crippen MR) is 89.9 cm³/mol. The number of carbonyl (C=O) groups excluding carboxylic acids is 1. The average Bonchev–Trinajstić information content (AvgIpc) is 2.99. The summed E-state index contributed by atoms with van der Waals surface area (Å²) in [5.74, 6) is -0.125. The lowest BCUT2D eigenvalue weighted by Crippen LogP contribution is -2.25. The molecule has 1 aromatic carbocycles. The number of hydrogen-bond acceptors (Lipinski definition) is 3. The molecule has 1 saturated heterocycles. The Hall–Kier alpha value is -2.14. The average molecular weight is 312 g/mol. The zero-order chi connectivity index (χ0) is 15.9. The number of likely N-dealkylation sites (tertiary alicyclic amines) is 1. The van der Waals surface area contributed by atoms with Crippen LogP contribution in [0.4, 0.5) is 0 Å². The minimum atomic E-state index is -0.125. The fraction of sp³-hybridized carbons (Fsp3) is 0.444. The molecule has 0 spiro atoms. The first-order chi connectivity index (χ1) is 11.3. The molecule has 1 aliphatic rings. The Morgan fingerprint density at radius 2 is 1.91 bits per heavy atom. The van der Waals surface area contributed by atoms with Crippen molar-refractivity contribution in [3.63, 3.8) is 0 Å². The van der Waals surface area contributed by atoms with Gasteiger partial charge in [-0.15, -0.1) is 0 Å². The molecule has 1 aliphatic heterocycles. The standard InChI is InChI=1S/C18H24N4O/c23-18(17-8-9-20-21-17)19-13-15-6-5-7-16(12-15)14-22-10-3-1-2-4-11-22/h5-9,12H,1-4,10-11,13-14H2,(H,19,23)(H,20,21). The highest BCUT2D eigenvalue weighted by Crippen LogP contribution is 2.14. The van der Waals surface area contributed by atoms with Crippen LogP contribution in [0.5, 0.6) is 0 Å². The number of hydrogen-bond donors (Lipinski definition) is 2. The zero-order valence-electron chi connectivity index (χ0n) is 13.4. The van der Waals surface area contributed by atoms with E-state index < -0.39 is 0 Å². The molecule has 2 heterocycles. The molecule has 23 heavy (non-hydrogen) atoms. The molecule has 0 aliphatic carbocycles. The third-order valence-electron chi connectivity index (χ3n) is 4.29. The molecule has 122 valence electrons. The van der Waals surface area contributed by atoms with E-state index in [0.717, 1.165) is 12.1 Å². The van der Waals surface area contributed by atoms with Gasteiger partial charge >= 0.3 is 0 Å². The van der Waals surface area contributed by atoms with Gasteiger partial charge in [0.05, 0.1) is 0 Å². The lowest BCUT2D eigenvalue weighted by atomic mass is 10.1. The van der Waals surface area contributed by atoms with Crippen LogP contribution in [0, 0.1) is 0 Å². The Bertz CT molecular complexity index is 616. The molecule has 0 saturated carbocycles. The summed E-state index contributed by atoms with van der Waals surface area (Å²) in [4.78, 5) is 14.5. The first kappa shape index (κ1) is 15.7. The van der Waals surface area contributed by atoms with Crippen LogP contribution in [-0.2, 0) is 13.1 Å². The highest BCUT2D eigenvalue weighted by Gasteiger charge is 2.10. The molecule has 5 heteroatoms. The maximum atomic E-state index is 11.9. The molecule has 3 rings (SSSR count). The number of nitrogens with zero attached hydrogens (tertiary/aromatic N) is 2. The topological polar surface area (TPSA) is 61.0 Å². The largest absolute Gasteiger partial charge is 0.347 e. The predicted octanol–water partition coefficient (Wildman–Crippen LogP) is 2.72. The fourth-order valence-corrected chi connectivity index (χ4v) is 3.05. The number of amides is 1. The Labute approximate surface area is 137 Å². The second-order valence-corrected chi connectivity index (χ2v) is 6.16. The van der Waals surface area contributed by atoms with Crippen molar-refractivity contribution >= 4 is 5.91 Å². The number of nitrogens with one attached hydrogen (secondary N) is 2. The summed E-state index contributed by atoms with van der Waals surface area (Å²) < 4.78 is 0. The van der Waals surface area contributed by atoms with Gasteiger partial charge in [0, 0.05) is 19.3 Å². The molecule has 2 aromatic rings. The van der Waals surface area contributed by atoms with Crippen molar-refractivity contribution in [2.45, 2.75) is 38.8 Å². The van der Waals surface area contributed by atoms with Crippen molar-refractivity contribution in [3.8, 4) is 0 Å². The maximum Gasteiger partial charge on any atom is 0.269 e. The molecule has 0 unspecified atom stereocenters. The van der Waals surface area contributed by atoms with Gasteiger partial charge in [0.2, 0.25) is 0 Å². The van der Waals surface area contributed by atoms with E-state index in [-0.39, 0.29) is 5.91 Å². The Morgan fingerprint density at radius 1 is 1.13 bits per heavy atom. The van der Waals surface area contributed by atoms with Gasteiger partial charge in [0.15, 0.2) is 0 Å². The quantitative estimate of drug-likeness (QED) is 0.892. The normalized spacial score (nSPS) is 16.0. The van der Waals surface area contributed by atoms with Crippen LogP contribution in [0.2, 0.25) is 0 Å². The minimum absolute atomic E-state index is 0.125. The number of benzene rings is 1. The molecule has 1 fully saturated rings. The zero-order valence-corrected chi connectivity index (χ0v) is 13.4. The highest BCUT2D eigenvalue weighted by molar-refractivity contribution is 5.91. The van der Waals surface area contributed by atoms with Gasteiger partial charge in [-0.1, -0.05) is 37.1 Å². The molecule has 0 atom stereocenters. The number of H-pyrrole nitrogens is 1. The van der Waals surface area contributed by atoms with E-state index >= 15 is 0 Å². The van der Waals surface area contributed by atoms with Gasteiger partial charge in [-0.25, -0.2) is 0 Å². The van der Waals surface area contributed by atoms with E-state index in [1.807, 2.05) is 0 Å². The second-order valence-electron chi connectivity index (χ2n) is 6.16. The number of aromatic nitrogens is 2. The van der Waals surface area contributed by atoms with Crippen LogP contribution >= 0.6 is 0 Å². The summed E-state index contributed by atoms with van der Waals surface area (Å²) in [5, 5.41) is 9.39. The lowest BCUT2D eigenvalue weighted by molar-refractivity contribution is 0.0946. The van der Waals surface area contributed by atoms with Gasteiger partial charge < -0.3 is 5.32 Å². The van der Waals surface area contributed by atoms with E-state index in [0.29, 0.717) is 12.2 Å². The highest BCUT2D eigenvalue weighted by atomic mass is 16.1. The van der Waals surface area contributed by atoms with Crippen LogP contribution in [-0.4, -0.2) is 34.1 Å². The van der Waals surface area contributed by atoms with Gasteiger partial charge in [-0.2, -0.15) is 5.10 Å². The first-order valence-electron chi connectivity index (χ1n) is 8.39. The third-order valence-corrected chi connectivity index (χ3v) is 4.29. The summed E-state index contributed by atoms with van der Waals surface area (Å²) in [6.45, 7) is 3.93. The number of aromatic amines is 1. The molecule has 1 aromatic heterocycles. The van der Waals surface area contributed by atoms with Crippen molar-refractivity contribution in [1.82, 2.24) is 20.4 Å². The SMILES string of the molecule is O=C(NCc1cccc(CN2CCCCCC2)c1)c1ccn[nH]1. The molecule has 0 bridgehead atoms. The van der Waals surface area contributed by atoms with E-state index in [2.05, 4.69) is 44.7 Å². The van der Waals surface area contributed by atoms with Gasteiger partial charge in [-0.3, -0.25) is 14.8 Å². The van der Waals surface area contributed by atoms with Crippen LogP contribution in [0.25, 0.3) is 0 Å². The minimum Gasteiger partial charge on any atom is -0.347 e. The number of carbonyl (C=O) groups is 1. The van der Waals surface area contributed by atoms with E-state index in [4.69, 9.17) is 0 Å². The monoisotopic (exact) mass is 312 g/mol. The summed E-state index contributed by atoms with van der Waals surface area (Å²) in [6, 6.07) is 10.2. The van der Waals surface area contributed by atoms with Crippen LogP contribution in [0.15, 0.2) is 36.5 Å². The maximum absolute atomic E-state index is 11.9. The van der Waals surface area contributed by atoms with E-state index in [1.54, 1.807) is 12.3 Å². The summed E-state index contributed by atoms with van der Waals surface area (Å²) in [6.07, 6.45) is 6.91. The van der Waals surface area contributed by atoms with Crippen LogP contribution in [0.1, 0.15) is 47.3 Å². The van der Waals surface area contributed by atoms with Crippen molar-refractivity contribution in [1.29, 1.82) is 0 Å². The lowest BCUT2D eigenvalue weighted by Gasteiger charge is -2.20. The molecule has 0 radical (unpaired) electrons. The Morgan fingerprint density at radius 3 is 2.65 bits per heavy atom. The number of rotatable bonds is 5. The molecule has 5 nitrogen and oxygen atoms in total. The van der Waals surface area contributed by atoms with Gasteiger partial charge in [-0.05, 0) is 43.1 Å². The molecule has 2 N–H and O–H groups in total. The summed E-state index contributed by atoms with van der Waals surface area (Å²) >= 11 is 0. The molecular formula is C18H24N4O. The Kier molecular flexibility index (Phi) is 5.42. The smallest absolute Gasteiger partial charge is 0.269 e. The van der Waals surface area contributed by atoms with E-state index in [9.17, 15) is 4.79 Å². The Balaban J connectivity index is 1.55. The van der Waals surface area contributed by atoms with Crippen LogP contribution in [0.3, 0.4) is 0 Å². The second kappa shape index (κ2) is 7.92.